The van der Waals surface area contributed by atoms with Crippen molar-refractivity contribution in [2.45, 2.75) is 65.0 Å². The lowest BCUT2D eigenvalue weighted by atomic mass is 10.0. The van der Waals surface area contributed by atoms with E-state index in [1.54, 1.807) is 0 Å². The lowest BCUT2D eigenvalue weighted by molar-refractivity contribution is -0.119. The first-order chi connectivity index (χ1) is 17.6. The summed E-state index contributed by atoms with van der Waals surface area (Å²) in [4.78, 5) is 15.3. The van der Waals surface area contributed by atoms with Crippen LogP contribution in [0.25, 0.3) is 0 Å². The zero-order valence-corrected chi connectivity index (χ0v) is 21.7. The molecule has 1 atom stereocenters. The Balaban J connectivity index is 1.61. The number of ether oxygens (including phenoxy) is 2. The zero-order chi connectivity index (χ0) is 25.6. The van der Waals surface area contributed by atoms with Gasteiger partial charge in [-0.15, -0.1) is 0 Å². The second kappa shape index (κ2) is 14.9. The number of amides is 1. The molecule has 0 saturated heterocycles. The van der Waals surface area contributed by atoms with Gasteiger partial charge < -0.3 is 20.1 Å². The molecule has 36 heavy (non-hydrogen) atoms. The highest BCUT2D eigenvalue weighted by atomic mass is 16.5. The topological polar surface area (TPSA) is 64.8 Å². The minimum atomic E-state index is -0.622. The quantitative estimate of drug-likeness (QED) is 0.247. The molecule has 0 aliphatic heterocycles. The number of hydrogen-bond donors (Lipinski definition) is 1. The fourth-order valence-electron chi connectivity index (χ4n) is 4.01. The molecule has 0 radical (unpaired) electrons. The summed E-state index contributed by atoms with van der Waals surface area (Å²) in [5.74, 6) is 1.56. The maximum atomic E-state index is 13.4. The maximum Gasteiger partial charge on any atom is 0.244 e. The summed E-state index contributed by atoms with van der Waals surface area (Å²) in [7, 11) is 0. The first-order valence-electron chi connectivity index (χ1n) is 13.2. The summed E-state index contributed by atoms with van der Waals surface area (Å²) in [6, 6.07) is 25.1. The molecule has 5 nitrogen and oxygen atoms in total. The van der Waals surface area contributed by atoms with Crippen LogP contribution in [-0.2, 0) is 17.8 Å². The fourth-order valence-corrected chi connectivity index (χ4v) is 4.01. The average molecular weight is 489 g/mol. The third kappa shape index (κ3) is 8.72. The molecular weight excluding hydrogens is 448 g/mol. The molecule has 3 aromatic rings. The summed E-state index contributed by atoms with van der Waals surface area (Å²) in [6.07, 6.45) is 5.80. The van der Waals surface area contributed by atoms with Crippen LogP contribution in [0.3, 0.4) is 0 Å². The molecule has 0 fully saturated rings. The molecule has 192 valence electrons. The summed E-state index contributed by atoms with van der Waals surface area (Å²) < 4.78 is 11.6. The highest BCUT2D eigenvalue weighted by Gasteiger charge is 2.22. The number of rotatable bonds is 15. The van der Waals surface area contributed by atoms with E-state index in [4.69, 9.17) is 15.2 Å². The summed E-state index contributed by atoms with van der Waals surface area (Å²) >= 11 is 0. The van der Waals surface area contributed by atoms with E-state index in [0.717, 1.165) is 60.4 Å². The lowest BCUT2D eigenvalue weighted by Gasteiger charge is -2.26. The summed E-state index contributed by atoms with van der Waals surface area (Å²) in [6.45, 7) is 6.13. The highest BCUT2D eigenvalue weighted by molar-refractivity contribution is 5.97. The summed E-state index contributed by atoms with van der Waals surface area (Å²) in [5, 5.41) is 0. The van der Waals surface area contributed by atoms with Gasteiger partial charge in [-0.25, -0.2) is 0 Å². The van der Waals surface area contributed by atoms with Crippen LogP contribution in [0.15, 0.2) is 78.9 Å². The van der Waals surface area contributed by atoms with Crippen LogP contribution in [-0.4, -0.2) is 25.1 Å². The van der Waals surface area contributed by atoms with E-state index >= 15 is 0 Å². The van der Waals surface area contributed by atoms with Gasteiger partial charge in [-0.1, -0.05) is 75.6 Å². The number of benzene rings is 3. The minimum absolute atomic E-state index is 0.0573. The summed E-state index contributed by atoms with van der Waals surface area (Å²) in [5.41, 5.74) is 9.44. The standard InChI is InChI=1S/C31H40N2O3/c1-3-5-6-10-21-33(27-15-19-28(20-16-27)35-22-4-2)31(34)30(32)23-25-13-17-29(18-14-25)36-24-26-11-8-7-9-12-26/h7-9,11-20,30H,3-6,10,21-24,32H2,1-2H3/t30-/m1/s1. The van der Waals surface area contributed by atoms with Crippen molar-refractivity contribution in [2.24, 2.45) is 5.73 Å². The SMILES string of the molecule is CCCCCCN(C(=O)[C@H](N)Cc1ccc(OCc2ccccc2)cc1)c1ccc(OCCC)cc1. The third-order valence-electron chi connectivity index (χ3n) is 6.07. The van der Waals surface area contributed by atoms with Crippen LogP contribution < -0.4 is 20.1 Å². The van der Waals surface area contributed by atoms with Crippen molar-refractivity contribution >= 4 is 11.6 Å². The van der Waals surface area contributed by atoms with Gasteiger partial charge in [0.05, 0.1) is 12.6 Å². The van der Waals surface area contributed by atoms with Crippen LogP contribution in [0, 0.1) is 0 Å². The van der Waals surface area contributed by atoms with Crippen molar-refractivity contribution in [3.8, 4) is 11.5 Å². The molecule has 3 aromatic carbocycles. The van der Waals surface area contributed by atoms with Gasteiger partial charge in [-0.3, -0.25) is 4.79 Å². The molecule has 5 heteroatoms. The highest BCUT2D eigenvalue weighted by Crippen LogP contribution is 2.22. The normalized spacial score (nSPS) is 11.6. The Morgan fingerprint density at radius 3 is 2.11 bits per heavy atom. The maximum absolute atomic E-state index is 13.4. The Labute approximate surface area is 216 Å². The van der Waals surface area contributed by atoms with E-state index in [2.05, 4.69) is 13.8 Å². The van der Waals surface area contributed by atoms with Gasteiger partial charge in [0.1, 0.15) is 18.1 Å². The van der Waals surface area contributed by atoms with E-state index < -0.39 is 6.04 Å². The van der Waals surface area contributed by atoms with Crippen LogP contribution in [0.1, 0.15) is 57.1 Å². The molecule has 0 aliphatic rings. The van der Waals surface area contributed by atoms with Gasteiger partial charge in [-0.05, 0) is 66.8 Å². The molecule has 0 unspecified atom stereocenters. The van der Waals surface area contributed by atoms with Crippen molar-refractivity contribution in [3.05, 3.63) is 90.0 Å². The molecule has 0 saturated carbocycles. The molecule has 0 spiro atoms. The lowest BCUT2D eigenvalue weighted by Crippen LogP contribution is -2.45. The van der Waals surface area contributed by atoms with Crippen molar-refractivity contribution in [1.29, 1.82) is 0 Å². The van der Waals surface area contributed by atoms with Gasteiger partial charge in [0.15, 0.2) is 0 Å². The van der Waals surface area contributed by atoms with E-state index in [1.165, 1.54) is 0 Å². The van der Waals surface area contributed by atoms with E-state index in [9.17, 15) is 4.79 Å². The molecule has 1 amide bonds. The molecule has 0 aromatic heterocycles. The van der Waals surface area contributed by atoms with Crippen LogP contribution in [0.2, 0.25) is 0 Å². The predicted octanol–water partition coefficient (Wildman–Crippen LogP) is 6.54. The first kappa shape index (κ1) is 27.3. The second-order valence-corrected chi connectivity index (χ2v) is 9.12. The number of nitrogens with two attached hydrogens (primary N) is 1. The number of nitrogens with zero attached hydrogens (tertiary/aromatic N) is 1. The van der Waals surface area contributed by atoms with E-state index in [1.807, 2.05) is 83.8 Å². The predicted molar refractivity (Wildman–Crippen MR) is 148 cm³/mol. The minimum Gasteiger partial charge on any atom is -0.494 e. The molecule has 2 N–H and O–H groups in total. The Morgan fingerprint density at radius 2 is 1.44 bits per heavy atom. The van der Waals surface area contributed by atoms with Gasteiger partial charge in [0.25, 0.3) is 0 Å². The zero-order valence-electron chi connectivity index (χ0n) is 21.7. The van der Waals surface area contributed by atoms with Gasteiger partial charge in [0.2, 0.25) is 5.91 Å². The Hall–Kier alpha value is -3.31. The van der Waals surface area contributed by atoms with Crippen LogP contribution in [0.4, 0.5) is 5.69 Å². The molecule has 3 rings (SSSR count). The van der Waals surface area contributed by atoms with E-state index in [-0.39, 0.29) is 5.91 Å². The Morgan fingerprint density at radius 1 is 0.778 bits per heavy atom. The second-order valence-electron chi connectivity index (χ2n) is 9.12. The Bertz CT molecular complexity index is 1020. The fraction of sp³-hybridized carbons (Fsp3) is 0.387. The van der Waals surface area contributed by atoms with Gasteiger partial charge >= 0.3 is 0 Å². The van der Waals surface area contributed by atoms with Crippen molar-refractivity contribution in [3.63, 3.8) is 0 Å². The number of anilines is 1. The van der Waals surface area contributed by atoms with Crippen molar-refractivity contribution < 1.29 is 14.3 Å². The van der Waals surface area contributed by atoms with Gasteiger partial charge in [0, 0.05) is 12.2 Å². The van der Waals surface area contributed by atoms with Crippen molar-refractivity contribution in [2.75, 3.05) is 18.1 Å². The van der Waals surface area contributed by atoms with E-state index in [0.29, 0.717) is 26.2 Å². The number of hydrogen-bond acceptors (Lipinski definition) is 4. The van der Waals surface area contributed by atoms with Crippen molar-refractivity contribution in [1.82, 2.24) is 0 Å². The number of carbonyl (C=O) groups is 1. The molecule has 0 aliphatic carbocycles. The molecular formula is C31H40N2O3. The van der Waals surface area contributed by atoms with Crippen LogP contribution in [0.5, 0.6) is 11.5 Å². The molecule has 0 heterocycles. The average Bonchev–Trinajstić information content (AvgIpc) is 2.92. The molecule has 0 bridgehead atoms. The smallest absolute Gasteiger partial charge is 0.244 e. The monoisotopic (exact) mass is 488 g/mol. The largest absolute Gasteiger partial charge is 0.494 e. The van der Waals surface area contributed by atoms with Gasteiger partial charge in [-0.2, -0.15) is 0 Å². The third-order valence-corrected chi connectivity index (χ3v) is 6.07. The number of carbonyl (C=O) groups excluding carboxylic acids is 1. The number of unbranched alkanes of at least 4 members (excludes halogenated alkanes) is 3. The first-order valence-corrected chi connectivity index (χ1v) is 13.2. The Kier molecular flexibility index (Phi) is 11.3. The van der Waals surface area contributed by atoms with Crippen LogP contribution >= 0.6 is 0 Å².